The maximum absolute atomic E-state index is 13.8. The molecule has 5 nitrogen and oxygen atoms in total. The van der Waals surface area contributed by atoms with Gasteiger partial charge in [-0.1, -0.05) is 45.4 Å². The Morgan fingerprint density at radius 3 is 2.00 bits per heavy atom. The molecule has 2 aliphatic carbocycles. The van der Waals surface area contributed by atoms with E-state index in [1.165, 1.54) is 12.8 Å². The van der Waals surface area contributed by atoms with Gasteiger partial charge in [-0.05, 0) is 64.2 Å². The highest BCUT2D eigenvalue weighted by atomic mass is 16.5. The van der Waals surface area contributed by atoms with Crippen molar-refractivity contribution in [3.63, 3.8) is 0 Å². The molecule has 3 atom stereocenters. The smallest absolute Gasteiger partial charge is 0.313 e. The highest BCUT2D eigenvalue weighted by Gasteiger charge is 2.58. The summed E-state index contributed by atoms with van der Waals surface area (Å²) in [5.41, 5.74) is -0.957. The third-order valence-corrected chi connectivity index (χ3v) is 7.47. The predicted molar refractivity (Wildman–Crippen MR) is 116 cm³/mol. The molecular formula is C25H41NO4. The van der Waals surface area contributed by atoms with Crippen LogP contribution in [0.3, 0.4) is 0 Å². The highest BCUT2D eigenvalue weighted by Crippen LogP contribution is 2.54. The molecule has 0 spiro atoms. The van der Waals surface area contributed by atoms with Gasteiger partial charge in [-0.25, -0.2) is 0 Å². The summed E-state index contributed by atoms with van der Waals surface area (Å²) >= 11 is 0. The number of hydrogen-bond acceptors (Lipinski definition) is 5. The first-order valence-corrected chi connectivity index (χ1v) is 12.3. The predicted octanol–water partition coefficient (Wildman–Crippen LogP) is 5.82. The van der Waals surface area contributed by atoms with Crippen molar-refractivity contribution in [1.82, 2.24) is 0 Å². The Kier molecular flexibility index (Phi) is 10.1. The number of ether oxygens (including phenoxy) is 2. The second kappa shape index (κ2) is 12.3. The Hall–Kier alpha value is -1.57. The van der Waals surface area contributed by atoms with Crippen LogP contribution in [-0.4, -0.2) is 25.2 Å². The molecule has 0 bridgehead atoms. The van der Waals surface area contributed by atoms with E-state index in [9.17, 15) is 14.9 Å². The van der Waals surface area contributed by atoms with E-state index in [0.29, 0.717) is 19.4 Å². The molecular weight excluding hydrogens is 378 g/mol. The van der Waals surface area contributed by atoms with E-state index in [1.807, 2.05) is 20.8 Å². The fraction of sp³-hybridized carbons (Fsp3) is 0.880. The van der Waals surface area contributed by atoms with E-state index in [-0.39, 0.29) is 36.3 Å². The molecule has 0 N–H and O–H groups in total. The van der Waals surface area contributed by atoms with Gasteiger partial charge in [0, 0.05) is 5.92 Å². The molecule has 5 heteroatoms. The Morgan fingerprint density at radius 2 is 1.50 bits per heavy atom. The van der Waals surface area contributed by atoms with Crippen molar-refractivity contribution in [2.75, 3.05) is 13.2 Å². The quantitative estimate of drug-likeness (QED) is 0.417. The summed E-state index contributed by atoms with van der Waals surface area (Å²) in [6.45, 7) is 6.24. The third-order valence-electron chi connectivity index (χ3n) is 7.47. The molecule has 0 aliphatic heterocycles. The number of nitriles is 1. The van der Waals surface area contributed by atoms with Crippen LogP contribution in [0.2, 0.25) is 0 Å². The maximum atomic E-state index is 13.8. The van der Waals surface area contributed by atoms with Crippen LogP contribution in [0.5, 0.6) is 0 Å². The zero-order chi connectivity index (χ0) is 22.0. The van der Waals surface area contributed by atoms with Gasteiger partial charge in [0.1, 0.15) is 0 Å². The zero-order valence-corrected chi connectivity index (χ0v) is 19.3. The van der Waals surface area contributed by atoms with Gasteiger partial charge in [0.25, 0.3) is 0 Å². The van der Waals surface area contributed by atoms with Gasteiger partial charge in [0.2, 0.25) is 0 Å². The van der Waals surface area contributed by atoms with Crippen LogP contribution in [0, 0.1) is 40.4 Å². The summed E-state index contributed by atoms with van der Waals surface area (Å²) in [6.07, 6.45) is 11.4. The van der Waals surface area contributed by atoms with Gasteiger partial charge in [-0.15, -0.1) is 0 Å². The fourth-order valence-corrected chi connectivity index (χ4v) is 6.02. The van der Waals surface area contributed by atoms with Gasteiger partial charge in [0.15, 0.2) is 0 Å². The van der Waals surface area contributed by atoms with Gasteiger partial charge in [-0.3, -0.25) is 9.59 Å². The van der Waals surface area contributed by atoms with Crippen molar-refractivity contribution in [2.24, 2.45) is 29.1 Å². The lowest BCUT2D eigenvalue weighted by Gasteiger charge is -2.48. The molecule has 0 aromatic heterocycles. The van der Waals surface area contributed by atoms with Gasteiger partial charge < -0.3 is 9.47 Å². The first-order valence-electron chi connectivity index (χ1n) is 12.3. The normalized spacial score (nSPS) is 22.3. The molecule has 2 aliphatic rings. The summed E-state index contributed by atoms with van der Waals surface area (Å²) in [5, 5.41) is 9.82. The third kappa shape index (κ3) is 5.56. The lowest BCUT2D eigenvalue weighted by Crippen LogP contribution is -2.54. The van der Waals surface area contributed by atoms with Crippen LogP contribution in [0.15, 0.2) is 0 Å². The van der Waals surface area contributed by atoms with Crippen LogP contribution in [0.1, 0.15) is 97.8 Å². The number of carbonyl (C=O) groups excluding carboxylic acids is 2. The monoisotopic (exact) mass is 419 g/mol. The SMILES string of the molecule is CCOC(=O)C(C1CCCCC1)C(CC(C#N)CC)(C(=O)OCC)C1CCCCC1. The van der Waals surface area contributed by atoms with Crippen molar-refractivity contribution >= 4 is 11.9 Å². The summed E-state index contributed by atoms with van der Waals surface area (Å²) in [4.78, 5) is 27.3. The van der Waals surface area contributed by atoms with E-state index in [2.05, 4.69) is 6.07 Å². The van der Waals surface area contributed by atoms with Crippen molar-refractivity contribution in [1.29, 1.82) is 5.26 Å². The summed E-state index contributed by atoms with van der Waals surface area (Å²) in [6, 6.07) is 2.41. The molecule has 0 amide bonds. The molecule has 2 saturated carbocycles. The number of hydrogen-bond donors (Lipinski definition) is 0. The molecule has 0 heterocycles. The Labute approximate surface area is 182 Å². The topological polar surface area (TPSA) is 76.4 Å². The molecule has 0 radical (unpaired) electrons. The van der Waals surface area contributed by atoms with Crippen LogP contribution < -0.4 is 0 Å². The minimum Gasteiger partial charge on any atom is -0.466 e. The number of nitrogens with zero attached hydrogens (tertiary/aromatic N) is 1. The van der Waals surface area contributed by atoms with Crippen molar-refractivity contribution in [3.8, 4) is 6.07 Å². The van der Waals surface area contributed by atoms with Crippen molar-refractivity contribution < 1.29 is 19.1 Å². The molecule has 30 heavy (non-hydrogen) atoms. The van der Waals surface area contributed by atoms with E-state index < -0.39 is 11.3 Å². The van der Waals surface area contributed by atoms with Crippen LogP contribution in [0.25, 0.3) is 0 Å². The van der Waals surface area contributed by atoms with Crippen LogP contribution >= 0.6 is 0 Å². The number of esters is 2. The lowest BCUT2D eigenvalue weighted by atomic mass is 9.54. The number of rotatable bonds is 10. The fourth-order valence-electron chi connectivity index (χ4n) is 6.02. The Balaban J connectivity index is 2.62. The van der Waals surface area contributed by atoms with E-state index in [0.717, 1.165) is 51.4 Å². The average Bonchev–Trinajstić information content (AvgIpc) is 2.78. The number of carbonyl (C=O) groups is 2. The zero-order valence-electron chi connectivity index (χ0n) is 19.3. The molecule has 170 valence electrons. The summed E-state index contributed by atoms with van der Waals surface area (Å²) in [7, 11) is 0. The molecule has 2 fully saturated rings. The molecule has 0 aromatic carbocycles. The first kappa shape index (κ1) is 24.7. The minimum absolute atomic E-state index is 0.0732. The highest BCUT2D eigenvalue weighted by molar-refractivity contribution is 5.86. The lowest BCUT2D eigenvalue weighted by molar-refractivity contribution is -0.182. The first-order chi connectivity index (χ1) is 14.5. The largest absolute Gasteiger partial charge is 0.466 e. The van der Waals surface area contributed by atoms with Crippen molar-refractivity contribution in [3.05, 3.63) is 0 Å². The van der Waals surface area contributed by atoms with Gasteiger partial charge in [-0.2, -0.15) is 5.26 Å². The van der Waals surface area contributed by atoms with Crippen LogP contribution in [0.4, 0.5) is 0 Å². The summed E-state index contributed by atoms with van der Waals surface area (Å²) in [5.74, 6) is -1.10. The summed E-state index contributed by atoms with van der Waals surface area (Å²) < 4.78 is 11.3. The van der Waals surface area contributed by atoms with Crippen LogP contribution in [-0.2, 0) is 19.1 Å². The maximum Gasteiger partial charge on any atom is 0.313 e. The van der Waals surface area contributed by atoms with E-state index >= 15 is 0 Å². The molecule has 2 rings (SSSR count). The Morgan fingerprint density at radius 1 is 0.933 bits per heavy atom. The van der Waals surface area contributed by atoms with E-state index in [4.69, 9.17) is 9.47 Å². The minimum atomic E-state index is -0.957. The Bertz CT molecular complexity index is 586. The van der Waals surface area contributed by atoms with Gasteiger partial charge in [0.05, 0.1) is 30.6 Å². The molecule has 0 aromatic rings. The van der Waals surface area contributed by atoms with Gasteiger partial charge >= 0.3 is 11.9 Å². The van der Waals surface area contributed by atoms with Crippen molar-refractivity contribution in [2.45, 2.75) is 97.8 Å². The molecule has 3 unspecified atom stereocenters. The molecule has 0 saturated heterocycles. The second-order valence-corrected chi connectivity index (χ2v) is 9.16. The standard InChI is InChI=1S/C25H41NO4/c1-4-19(18-26)17-25(24(28)30-6-3,21-15-11-8-12-16-21)22(23(27)29-5-2)20-13-9-7-10-14-20/h19-22H,4-17H2,1-3H3. The second-order valence-electron chi connectivity index (χ2n) is 9.16. The van der Waals surface area contributed by atoms with E-state index in [1.54, 1.807) is 0 Å². The average molecular weight is 420 g/mol.